The first-order chi connectivity index (χ1) is 11.2. The Labute approximate surface area is 140 Å². The molecule has 2 aromatic rings. The number of carbonyl (C=O) groups excluding carboxylic acids is 1. The predicted molar refractivity (Wildman–Crippen MR) is 92.8 cm³/mol. The van der Waals surface area contributed by atoms with Gasteiger partial charge in [0.2, 0.25) is 5.91 Å². The number of amides is 1. The highest BCUT2D eigenvalue weighted by Gasteiger charge is 2.17. The van der Waals surface area contributed by atoms with Gasteiger partial charge in [-0.05, 0) is 31.4 Å². The van der Waals surface area contributed by atoms with Gasteiger partial charge >= 0.3 is 0 Å². The molecule has 1 saturated carbocycles. The Balaban J connectivity index is 1.55. The van der Waals surface area contributed by atoms with Crippen molar-refractivity contribution in [3.8, 4) is 16.3 Å². The largest absolute Gasteiger partial charge is 0.497 e. The number of hydrogen-bond acceptors (Lipinski definition) is 4. The van der Waals surface area contributed by atoms with Crippen molar-refractivity contribution < 1.29 is 9.53 Å². The number of hydrogen-bond donors (Lipinski definition) is 1. The Morgan fingerprint density at radius 3 is 3.00 bits per heavy atom. The number of thiazole rings is 1. The van der Waals surface area contributed by atoms with E-state index in [0.29, 0.717) is 18.9 Å². The third-order valence-corrected chi connectivity index (χ3v) is 5.14. The molecule has 122 valence electrons. The fourth-order valence-electron chi connectivity index (χ4n) is 2.92. The molecule has 1 aliphatic rings. The van der Waals surface area contributed by atoms with Crippen molar-refractivity contribution in [1.82, 2.24) is 10.3 Å². The zero-order valence-corrected chi connectivity index (χ0v) is 14.2. The summed E-state index contributed by atoms with van der Waals surface area (Å²) in [7, 11) is 1.66. The SMILES string of the molecule is COc1cccc(-c2nc(CCC(=O)NC3CCCC3)cs2)c1. The van der Waals surface area contributed by atoms with Gasteiger partial charge in [-0.1, -0.05) is 25.0 Å². The average molecular weight is 330 g/mol. The summed E-state index contributed by atoms with van der Waals surface area (Å²) >= 11 is 1.61. The molecule has 4 nitrogen and oxygen atoms in total. The summed E-state index contributed by atoms with van der Waals surface area (Å²) in [5.41, 5.74) is 2.03. The first-order valence-corrected chi connectivity index (χ1v) is 9.01. The second-order valence-corrected chi connectivity index (χ2v) is 6.78. The summed E-state index contributed by atoms with van der Waals surface area (Å²) in [6.07, 6.45) is 5.93. The highest BCUT2D eigenvalue weighted by molar-refractivity contribution is 7.13. The zero-order chi connectivity index (χ0) is 16.1. The third kappa shape index (κ3) is 4.32. The van der Waals surface area contributed by atoms with E-state index in [4.69, 9.17) is 4.74 Å². The quantitative estimate of drug-likeness (QED) is 0.876. The number of benzene rings is 1. The van der Waals surface area contributed by atoms with E-state index in [2.05, 4.69) is 10.3 Å². The van der Waals surface area contributed by atoms with E-state index in [1.807, 2.05) is 29.6 Å². The first kappa shape index (κ1) is 16.0. The van der Waals surface area contributed by atoms with Crippen molar-refractivity contribution in [3.05, 3.63) is 35.3 Å². The van der Waals surface area contributed by atoms with E-state index in [9.17, 15) is 4.79 Å². The maximum Gasteiger partial charge on any atom is 0.220 e. The smallest absolute Gasteiger partial charge is 0.220 e. The van der Waals surface area contributed by atoms with Gasteiger partial charge in [0.15, 0.2) is 0 Å². The fraction of sp³-hybridized carbons (Fsp3) is 0.444. The first-order valence-electron chi connectivity index (χ1n) is 8.13. The molecule has 5 heteroatoms. The zero-order valence-electron chi connectivity index (χ0n) is 13.4. The van der Waals surface area contributed by atoms with E-state index in [1.165, 1.54) is 12.8 Å². The highest BCUT2D eigenvalue weighted by Crippen LogP contribution is 2.27. The van der Waals surface area contributed by atoms with Crippen molar-refractivity contribution >= 4 is 17.2 Å². The topological polar surface area (TPSA) is 51.2 Å². The molecule has 0 spiro atoms. The Hall–Kier alpha value is -1.88. The van der Waals surface area contributed by atoms with Gasteiger partial charge in [-0.25, -0.2) is 4.98 Å². The van der Waals surface area contributed by atoms with Gasteiger partial charge in [-0.3, -0.25) is 4.79 Å². The molecule has 1 heterocycles. The summed E-state index contributed by atoms with van der Waals surface area (Å²) in [5, 5.41) is 6.13. The Kier molecular flexibility index (Phi) is 5.28. The monoisotopic (exact) mass is 330 g/mol. The van der Waals surface area contributed by atoms with Crippen LogP contribution in [0.2, 0.25) is 0 Å². The molecule has 0 saturated heterocycles. The molecule has 1 fully saturated rings. The summed E-state index contributed by atoms with van der Waals surface area (Å²) in [6, 6.07) is 8.29. The van der Waals surface area contributed by atoms with Crippen LogP contribution in [0.3, 0.4) is 0 Å². The van der Waals surface area contributed by atoms with Crippen LogP contribution in [0.15, 0.2) is 29.6 Å². The standard InChI is InChI=1S/C18H22N2O2S/c1-22-16-8-4-5-13(11-16)18-20-15(12-23-18)9-10-17(21)19-14-6-2-3-7-14/h4-5,8,11-12,14H,2-3,6-7,9-10H2,1H3,(H,19,21). The second-order valence-electron chi connectivity index (χ2n) is 5.92. The second kappa shape index (κ2) is 7.59. The van der Waals surface area contributed by atoms with Gasteiger partial charge < -0.3 is 10.1 Å². The Morgan fingerprint density at radius 2 is 2.22 bits per heavy atom. The fourth-order valence-corrected chi connectivity index (χ4v) is 3.77. The van der Waals surface area contributed by atoms with Crippen molar-refractivity contribution in [2.24, 2.45) is 0 Å². The van der Waals surface area contributed by atoms with E-state index < -0.39 is 0 Å². The number of methoxy groups -OCH3 is 1. The molecule has 1 aliphatic carbocycles. The Morgan fingerprint density at radius 1 is 1.39 bits per heavy atom. The summed E-state index contributed by atoms with van der Waals surface area (Å²) < 4.78 is 5.25. The van der Waals surface area contributed by atoms with Crippen molar-refractivity contribution in [2.45, 2.75) is 44.6 Å². The van der Waals surface area contributed by atoms with Crippen LogP contribution >= 0.6 is 11.3 Å². The molecule has 0 unspecified atom stereocenters. The van der Waals surface area contributed by atoms with E-state index in [-0.39, 0.29) is 5.91 Å². The molecule has 3 rings (SSSR count). The predicted octanol–water partition coefficient (Wildman–Crippen LogP) is 3.81. The molecule has 23 heavy (non-hydrogen) atoms. The molecule has 0 radical (unpaired) electrons. The highest BCUT2D eigenvalue weighted by atomic mass is 32.1. The molecule has 0 atom stereocenters. The van der Waals surface area contributed by atoms with E-state index in [1.54, 1.807) is 18.4 Å². The minimum atomic E-state index is 0.146. The number of ether oxygens (including phenoxy) is 1. The van der Waals surface area contributed by atoms with Crippen LogP contribution < -0.4 is 10.1 Å². The minimum Gasteiger partial charge on any atom is -0.497 e. The van der Waals surface area contributed by atoms with Crippen LogP contribution in [0.4, 0.5) is 0 Å². The van der Waals surface area contributed by atoms with Crippen molar-refractivity contribution in [3.63, 3.8) is 0 Å². The average Bonchev–Trinajstić information content (AvgIpc) is 3.24. The van der Waals surface area contributed by atoms with Crippen LogP contribution in [0.1, 0.15) is 37.8 Å². The normalized spacial score (nSPS) is 14.8. The molecular formula is C18H22N2O2S. The van der Waals surface area contributed by atoms with E-state index >= 15 is 0 Å². The lowest BCUT2D eigenvalue weighted by Crippen LogP contribution is -2.32. The maximum absolute atomic E-state index is 12.0. The summed E-state index contributed by atoms with van der Waals surface area (Å²) in [6.45, 7) is 0. The Bertz CT molecular complexity index is 663. The minimum absolute atomic E-state index is 0.146. The van der Waals surface area contributed by atoms with Crippen LogP contribution in [0.25, 0.3) is 10.6 Å². The molecule has 1 aromatic heterocycles. The number of nitrogens with zero attached hydrogens (tertiary/aromatic N) is 1. The molecule has 1 aromatic carbocycles. The van der Waals surface area contributed by atoms with Crippen molar-refractivity contribution in [1.29, 1.82) is 0 Å². The van der Waals surface area contributed by atoms with Crippen LogP contribution in [-0.2, 0) is 11.2 Å². The number of aromatic nitrogens is 1. The lowest BCUT2D eigenvalue weighted by atomic mass is 10.2. The van der Waals surface area contributed by atoms with Gasteiger partial charge in [0.1, 0.15) is 10.8 Å². The molecule has 0 aliphatic heterocycles. The van der Waals surface area contributed by atoms with Gasteiger partial charge in [0.05, 0.1) is 12.8 Å². The number of rotatable bonds is 6. The van der Waals surface area contributed by atoms with Gasteiger partial charge in [0.25, 0.3) is 0 Å². The van der Waals surface area contributed by atoms with Crippen molar-refractivity contribution in [2.75, 3.05) is 7.11 Å². The van der Waals surface area contributed by atoms with Crippen LogP contribution in [-0.4, -0.2) is 24.0 Å². The number of carbonyl (C=O) groups is 1. The number of aryl methyl sites for hydroxylation is 1. The number of nitrogens with one attached hydrogen (secondary N) is 1. The maximum atomic E-state index is 12.0. The molecule has 1 amide bonds. The van der Waals surface area contributed by atoms with Gasteiger partial charge in [-0.2, -0.15) is 0 Å². The van der Waals surface area contributed by atoms with E-state index in [0.717, 1.165) is 34.9 Å². The van der Waals surface area contributed by atoms with Crippen LogP contribution in [0.5, 0.6) is 5.75 Å². The molecular weight excluding hydrogens is 308 g/mol. The molecule has 1 N–H and O–H groups in total. The lowest BCUT2D eigenvalue weighted by molar-refractivity contribution is -0.121. The van der Waals surface area contributed by atoms with Gasteiger partial charge in [0, 0.05) is 23.4 Å². The summed E-state index contributed by atoms with van der Waals surface area (Å²) in [4.78, 5) is 16.6. The van der Waals surface area contributed by atoms with Gasteiger partial charge in [-0.15, -0.1) is 11.3 Å². The summed E-state index contributed by atoms with van der Waals surface area (Å²) in [5.74, 6) is 0.975. The molecule has 0 bridgehead atoms. The van der Waals surface area contributed by atoms with Crippen LogP contribution in [0, 0.1) is 0 Å². The lowest BCUT2D eigenvalue weighted by Gasteiger charge is -2.11. The third-order valence-electron chi connectivity index (χ3n) is 4.20.